The van der Waals surface area contributed by atoms with Crippen LogP contribution >= 0.6 is 0 Å². The average molecular weight is 173 g/mol. The molecule has 0 radical (unpaired) electrons. The zero-order valence-corrected chi connectivity index (χ0v) is 7.49. The molecule has 0 bridgehead atoms. The van der Waals surface area contributed by atoms with Crippen molar-refractivity contribution in [1.29, 1.82) is 0 Å². The fourth-order valence-corrected chi connectivity index (χ4v) is 1.18. The zero-order chi connectivity index (χ0) is 9.14. The number of carbonyl (C=O) groups excluding carboxylic acids is 1. The molecule has 1 amide bonds. The maximum atomic E-state index is 11.0. The van der Waals surface area contributed by atoms with E-state index in [0.717, 1.165) is 0 Å². The van der Waals surface area contributed by atoms with Crippen LogP contribution in [0.25, 0.3) is 0 Å². The Morgan fingerprint density at radius 3 is 2.92 bits per heavy atom. The van der Waals surface area contributed by atoms with Gasteiger partial charge >= 0.3 is 6.09 Å². The van der Waals surface area contributed by atoms with Crippen LogP contribution < -0.4 is 0 Å². The van der Waals surface area contributed by atoms with Gasteiger partial charge in [-0.3, -0.25) is 0 Å². The number of nitrogens with zero attached hydrogens (tertiary/aromatic N) is 1. The number of hydrogen-bond donors (Lipinski definition) is 1. The molecule has 12 heavy (non-hydrogen) atoms. The van der Waals surface area contributed by atoms with Crippen LogP contribution in [0.15, 0.2) is 0 Å². The van der Waals surface area contributed by atoms with Gasteiger partial charge in [-0.2, -0.15) is 0 Å². The molecule has 1 rings (SSSR count). The van der Waals surface area contributed by atoms with Crippen LogP contribution in [0.2, 0.25) is 0 Å². The molecule has 0 aromatic rings. The molecule has 1 aliphatic rings. The largest absolute Gasteiger partial charge is 0.447 e. The normalized spacial score (nSPS) is 25.8. The molecule has 1 N–H and O–H groups in total. The van der Waals surface area contributed by atoms with Crippen LogP contribution in [0, 0.1) is 0 Å². The first-order valence-corrected chi connectivity index (χ1v) is 4.22. The van der Waals surface area contributed by atoms with Gasteiger partial charge in [-0.25, -0.2) is 4.79 Å². The smallest absolute Gasteiger partial charge is 0.410 e. The molecule has 0 aromatic heterocycles. The van der Waals surface area contributed by atoms with Crippen molar-refractivity contribution >= 4 is 6.09 Å². The SMILES string of the molecule is CC(O)CCN1C(=O)OCC1C. The minimum Gasteiger partial charge on any atom is -0.447 e. The first-order chi connectivity index (χ1) is 5.61. The molecule has 1 saturated heterocycles. The highest BCUT2D eigenvalue weighted by atomic mass is 16.6. The molecule has 4 nitrogen and oxygen atoms in total. The van der Waals surface area contributed by atoms with E-state index in [4.69, 9.17) is 9.84 Å². The Hall–Kier alpha value is -0.770. The monoisotopic (exact) mass is 173 g/mol. The lowest BCUT2D eigenvalue weighted by Gasteiger charge is -2.18. The number of carbonyl (C=O) groups is 1. The van der Waals surface area contributed by atoms with Crippen LogP contribution in [0.3, 0.4) is 0 Å². The van der Waals surface area contributed by atoms with Crippen molar-refractivity contribution < 1.29 is 14.6 Å². The quantitative estimate of drug-likeness (QED) is 0.679. The van der Waals surface area contributed by atoms with E-state index in [0.29, 0.717) is 19.6 Å². The van der Waals surface area contributed by atoms with E-state index in [9.17, 15) is 4.79 Å². The van der Waals surface area contributed by atoms with Crippen molar-refractivity contribution in [3.8, 4) is 0 Å². The molecular formula is C8H15NO3. The molecule has 4 heteroatoms. The van der Waals surface area contributed by atoms with Crippen molar-refractivity contribution in [2.45, 2.75) is 32.4 Å². The van der Waals surface area contributed by atoms with Gasteiger partial charge in [0.15, 0.2) is 0 Å². The van der Waals surface area contributed by atoms with Crippen molar-refractivity contribution in [3.63, 3.8) is 0 Å². The molecule has 2 atom stereocenters. The van der Waals surface area contributed by atoms with Crippen molar-refractivity contribution in [3.05, 3.63) is 0 Å². The molecule has 0 spiro atoms. The maximum absolute atomic E-state index is 11.0. The fraction of sp³-hybridized carbons (Fsp3) is 0.875. The molecule has 0 aliphatic carbocycles. The topological polar surface area (TPSA) is 49.8 Å². The molecular weight excluding hydrogens is 158 g/mol. The summed E-state index contributed by atoms with van der Waals surface area (Å²) >= 11 is 0. The Morgan fingerprint density at radius 2 is 2.50 bits per heavy atom. The Balaban J connectivity index is 2.34. The van der Waals surface area contributed by atoms with E-state index in [1.807, 2.05) is 6.92 Å². The molecule has 0 saturated carbocycles. The second-order valence-electron chi connectivity index (χ2n) is 3.26. The predicted molar refractivity (Wildman–Crippen MR) is 43.8 cm³/mol. The number of hydrogen-bond acceptors (Lipinski definition) is 3. The van der Waals surface area contributed by atoms with Gasteiger partial charge in [0.25, 0.3) is 0 Å². The summed E-state index contributed by atoms with van der Waals surface area (Å²) in [6.07, 6.45) is -0.00634. The van der Waals surface area contributed by atoms with Crippen molar-refractivity contribution in [2.24, 2.45) is 0 Å². The van der Waals surface area contributed by atoms with Gasteiger partial charge in [0.2, 0.25) is 0 Å². The van der Waals surface area contributed by atoms with Gasteiger partial charge in [0.05, 0.1) is 12.1 Å². The lowest BCUT2D eigenvalue weighted by atomic mass is 10.2. The van der Waals surface area contributed by atoms with Gasteiger partial charge in [0.1, 0.15) is 6.61 Å². The fourth-order valence-electron chi connectivity index (χ4n) is 1.18. The third-order valence-electron chi connectivity index (χ3n) is 2.00. The number of amides is 1. The Labute approximate surface area is 72.1 Å². The highest BCUT2D eigenvalue weighted by molar-refractivity contribution is 5.69. The number of aliphatic hydroxyl groups is 1. The summed E-state index contributed by atoms with van der Waals surface area (Å²) in [5.41, 5.74) is 0. The molecule has 1 aliphatic heterocycles. The summed E-state index contributed by atoms with van der Waals surface area (Å²) in [5, 5.41) is 9.01. The summed E-state index contributed by atoms with van der Waals surface area (Å²) in [4.78, 5) is 12.7. The van der Waals surface area contributed by atoms with E-state index < -0.39 is 0 Å². The first-order valence-electron chi connectivity index (χ1n) is 4.22. The Kier molecular flexibility index (Phi) is 2.92. The van der Waals surface area contributed by atoms with E-state index in [1.54, 1.807) is 11.8 Å². The van der Waals surface area contributed by atoms with Gasteiger partial charge in [0, 0.05) is 6.54 Å². The lowest BCUT2D eigenvalue weighted by Crippen LogP contribution is -2.33. The lowest BCUT2D eigenvalue weighted by molar-refractivity contribution is 0.142. The minimum absolute atomic E-state index is 0.149. The van der Waals surface area contributed by atoms with E-state index in [1.165, 1.54) is 0 Å². The second kappa shape index (κ2) is 3.76. The van der Waals surface area contributed by atoms with Crippen LogP contribution in [0.5, 0.6) is 0 Å². The van der Waals surface area contributed by atoms with Crippen LogP contribution in [-0.4, -0.2) is 41.4 Å². The Bertz CT molecular complexity index is 170. The maximum Gasteiger partial charge on any atom is 0.410 e. The summed E-state index contributed by atoms with van der Waals surface area (Å²) in [6, 6.07) is 0.149. The van der Waals surface area contributed by atoms with E-state index in [-0.39, 0.29) is 18.2 Å². The zero-order valence-electron chi connectivity index (χ0n) is 7.49. The summed E-state index contributed by atoms with van der Waals surface area (Å²) in [6.45, 7) is 4.70. The summed E-state index contributed by atoms with van der Waals surface area (Å²) in [5.74, 6) is 0. The number of aliphatic hydroxyl groups excluding tert-OH is 1. The minimum atomic E-state index is -0.356. The van der Waals surface area contributed by atoms with Gasteiger partial charge in [-0.15, -0.1) is 0 Å². The van der Waals surface area contributed by atoms with E-state index in [2.05, 4.69) is 0 Å². The number of ether oxygens (including phenoxy) is 1. The number of rotatable bonds is 3. The third-order valence-corrected chi connectivity index (χ3v) is 2.00. The molecule has 2 unspecified atom stereocenters. The van der Waals surface area contributed by atoms with Gasteiger partial charge in [-0.05, 0) is 20.3 Å². The van der Waals surface area contributed by atoms with Crippen molar-refractivity contribution in [1.82, 2.24) is 4.90 Å². The first kappa shape index (κ1) is 9.32. The predicted octanol–water partition coefficient (Wildman–Crippen LogP) is 0.598. The average Bonchev–Trinajstić information content (AvgIpc) is 2.28. The van der Waals surface area contributed by atoms with Gasteiger partial charge < -0.3 is 14.7 Å². The molecule has 1 heterocycles. The highest BCUT2D eigenvalue weighted by Gasteiger charge is 2.28. The highest BCUT2D eigenvalue weighted by Crippen LogP contribution is 2.12. The third kappa shape index (κ3) is 2.11. The van der Waals surface area contributed by atoms with Gasteiger partial charge in [-0.1, -0.05) is 0 Å². The molecule has 70 valence electrons. The van der Waals surface area contributed by atoms with Crippen LogP contribution in [0.4, 0.5) is 4.79 Å². The molecule has 0 aromatic carbocycles. The van der Waals surface area contributed by atoms with Crippen LogP contribution in [0.1, 0.15) is 20.3 Å². The van der Waals surface area contributed by atoms with Crippen molar-refractivity contribution in [2.75, 3.05) is 13.2 Å². The molecule has 1 fully saturated rings. The second-order valence-corrected chi connectivity index (χ2v) is 3.26. The van der Waals surface area contributed by atoms with Crippen LogP contribution in [-0.2, 0) is 4.74 Å². The summed E-state index contributed by atoms with van der Waals surface area (Å²) in [7, 11) is 0. The standard InChI is InChI=1S/C8H15NO3/c1-6-5-12-8(11)9(6)4-3-7(2)10/h6-7,10H,3-5H2,1-2H3. The number of cyclic esters (lactones) is 1. The Morgan fingerprint density at radius 1 is 1.83 bits per heavy atom. The van der Waals surface area contributed by atoms with E-state index >= 15 is 0 Å². The summed E-state index contributed by atoms with van der Waals surface area (Å²) < 4.78 is 4.82.